The van der Waals surface area contributed by atoms with Gasteiger partial charge in [0.05, 0.1) is 33.1 Å². The van der Waals surface area contributed by atoms with E-state index in [0.717, 1.165) is 175 Å². The molecule has 6 heteroatoms. The van der Waals surface area contributed by atoms with Gasteiger partial charge in [-0.2, -0.15) is 0 Å². The number of para-hydroxylation sites is 2. The minimum Gasteiger partial charge on any atom is -0.454 e. The van der Waals surface area contributed by atoms with Crippen molar-refractivity contribution in [2.45, 2.75) is 26.2 Å². The van der Waals surface area contributed by atoms with Gasteiger partial charge in [-0.05, 0) is 164 Å². The fraction of sp³-hybridized carbons (Fsp3) is 0.0455. The number of benzene rings is 14. The SMILES string of the molecule is CC(C)(C)c1ccc(-c2cc3c4ccc5c6ccccc6oc5c4n4c3c(c2)c2ccc3c(oc5cccc(-c6ccc7oc8c(ccc9c%10cc(-c%11cc(-c%12ccccc%12)cc(-c%12ccccc%12)c%11)cc%11c%12ccc%13c%14ccccc%14oc%13c%12n(c%11%10)c98)c7c6)c53)c24)cc1. The number of aromatic nitrogens is 2. The molecule has 0 radical (unpaired) electrons. The predicted molar refractivity (Wildman–Crippen MR) is 391 cm³/mol. The van der Waals surface area contributed by atoms with E-state index in [9.17, 15) is 0 Å². The Kier molecular flexibility index (Phi) is 9.63. The van der Waals surface area contributed by atoms with E-state index in [1.165, 1.54) is 49.7 Å². The second-order valence-corrected chi connectivity index (χ2v) is 27.0. The van der Waals surface area contributed by atoms with Crippen LogP contribution in [0.15, 0.2) is 279 Å². The second-order valence-electron chi connectivity index (χ2n) is 27.0. The normalized spacial score (nSPS) is 12.8. The lowest BCUT2D eigenvalue weighted by Gasteiger charge is -2.19. The average molecular weight is 1200 g/mol. The molecular formula is C88H52N2O4. The molecule has 0 aliphatic rings. The maximum atomic E-state index is 7.31. The quantitative estimate of drug-likeness (QED) is 0.172. The Morgan fingerprint density at radius 1 is 0.223 bits per heavy atom. The van der Waals surface area contributed by atoms with Crippen LogP contribution in [0.4, 0.5) is 0 Å². The molecule has 22 aromatic rings. The van der Waals surface area contributed by atoms with Crippen molar-refractivity contribution in [2.24, 2.45) is 0 Å². The number of rotatable bonds is 5. The van der Waals surface area contributed by atoms with Gasteiger partial charge in [-0.25, -0.2) is 0 Å². The van der Waals surface area contributed by atoms with Gasteiger partial charge >= 0.3 is 0 Å². The van der Waals surface area contributed by atoms with Crippen molar-refractivity contribution in [3.8, 4) is 55.6 Å². The van der Waals surface area contributed by atoms with E-state index in [-0.39, 0.29) is 5.41 Å². The lowest BCUT2D eigenvalue weighted by Crippen LogP contribution is -2.10. The Morgan fingerprint density at radius 3 is 1.07 bits per heavy atom. The maximum Gasteiger partial charge on any atom is 0.160 e. The molecule has 0 spiro atoms. The van der Waals surface area contributed by atoms with Crippen LogP contribution in [-0.2, 0) is 5.41 Å². The molecule has 0 amide bonds. The van der Waals surface area contributed by atoms with Gasteiger partial charge in [0.1, 0.15) is 22.3 Å². The van der Waals surface area contributed by atoms with Gasteiger partial charge in [0, 0.05) is 86.2 Å². The van der Waals surface area contributed by atoms with Gasteiger partial charge in [0.25, 0.3) is 0 Å². The van der Waals surface area contributed by atoms with Crippen molar-refractivity contribution in [3.05, 3.63) is 266 Å². The Bertz CT molecular complexity index is 6980. The molecule has 0 aliphatic carbocycles. The monoisotopic (exact) mass is 1200 g/mol. The van der Waals surface area contributed by atoms with Crippen molar-refractivity contribution in [2.75, 3.05) is 0 Å². The van der Waals surface area contributed by atoms with E-state index in [0.29, 0.717) is 0 Å². The van der Waals surface area contributed by atoms with Crippen molar-refractivity contribution >= 4 is 164 Å². The third-order valence-corrected chi connectivity index (χ3v) is 20.9. The summed E-state index contributed by atoms with van der Waals surface area (Å²) in [6.45, 7) is 6.81. The van der Waals surface area contributed by atoms with E-state index < -0.39 is 0 Å². The highest BCUT2D eigenvalue weighted by molar-refractivity contribution is 6.34. The van der Waals surface area contributed by atoms with Gasteiger partial charge in [0.2, 0.25) is 0 Å². The molecule has 8 heterocycles. The number of fused-ring (bicyclic) bond motifs is 28. The molecule has 0 N–H and O–H groups in total. The van der Waals surface area contributed by atoms with E-state index >= 15 is 0 Å². The molecule has 0 fully saturated rings. The Hall–Kier alpha value is -12.1. The molecule has 0 saturated heterocycles. The maximum absolute atomic E-state index is 7.31. The molecule has 94 heavy (non-hydrogen) atoms. The lowest BCUT2D eigenvalue weighted by atomic mass is 9.86. The Balaban J connectivity index is 0.771. The number of furan rings is 4. The standard InChI is InChI=1S/C88H52N2O4/c1-88(2,3)56-28-25-49(26-29-56)54-43-69-60-30-34-65-59-20-11-13-23-74(59)92-85(65)81(60)90-78(69)70(44-54)63-33-37-67-77-57(21-14-24-76(77)94-87(67)83(63)90)50-27-38-75-68(42-50)66-36-32-62-72-46-55(53-40-51(47-15-6-4-7-16-47)39-52(41-53)48-17-8-5-9-18-48)45-71-61-31-35-64-58-19-10-12-22-73(58)91-84(64)80(61)89(79(71)72)82(62)86(66)93-75/h4-46H,1-3H3. The Morgan fingerprint density at radius 2 is 0.574 bits per heavy atom. The first-order chi connectivity index (χ1) is 46.2. The molecule has 0 aliphatic heterocycles. The number of nitrogens with zero attached hydrogens (tertiary/aromatic N) is 2. The average Bonchev–Trinajstić information content (AvgIpc) is 1.52. The number of hydrogen-bond acceptors (Lipinski definition) is 4. The minimum atomic E-state index is 0.0467. The highest BCUT2D eigenvalue weighted by Crippen LogP contribution is 2.52. The van der Waals surface area contributed by atoms with Crippen molar-refractivity contribution < 1.29 is 17.7 Å². The summed E-state index contributed by atoms with van der Waals surface area (Å²) < 4.78 is 33.4. The summed E-state index contributed by atoms with van der Waals surface area (Å²) in [5, 5.41) is 17.8. The smallest absolute Gasteiger partial charge is 0.160 e. The van der Waals surface area contributed by atoms with Crippen molar-refractivity contribution in [3.63, 3.8) is 0 Å². The van der Waals surface area contributed by atoms with E-state index in [2.05, 4.69) is 290 Å². The summed E-state index contributed by atoms with van der Waals surface area (Å²) in [7, 11) is 0. The summed E-state index contributed by atoms with van der Waals surface area (Å²) in [6, 6.07) is 95.4. The third kappa shape index (κ3) is 6.67. The van der Waals surface area contributed by atoms with Crippen LogP contribution >= 0.6 is 0 Å². The predicted octanol–water partition coefficient (Wildman–Crippen LogP) is 25.2. The summed E-state index contributed by atoms with van der Waals surface area (Å²) in [4.78, 5) is 0. The Labute approximate surface area is 535 Å². The van der Waals surface area contributed by atoms with Gasteiger partial charge < -0.3 is 26.5 Å². The molecule has 6 nitrogen and oxygen atoms in total. The zero-order chi connectivity index (χ0) is 61.6. The molecule has 438 valence electrons. The van der Waals surface area contributed by atoms with E-state index in [1.807, 2.05) is 0 Å². The highest BCUT2D eigenvalue weighted by atomic mass is 16.3. The fourth-order valence-electron chi connectivity index (χ4n) is 16.5. The van der Waals surface area contributed by atoms with Crippen LogP contribution in [0, 0.1) is 0 Å². The van der Waals surface area contributed by atoms with Gasteiger partial charge in [-0.1, -0.05) is 185 Å². The summed E-state index contributed by atoms with van der Waals surface area (Å²) in [6.07, 6.45) is 0. The molecule has 0 saturated carbocycles. The van der Waals surface area contributed by atoms with E-state index in [4.69, 9.17) is 17.7 Å². The summed E-state index contributed by atoms with van der Waals surface area (Å²) >= 11 is 0. The second kappa shape index (κ2) is 17.9. The van der Waals surface area contributed by atoms with Crippen LogP contribution in [0.25, 0.3) is 220 Å². The molecule has 0 unspecified atom stereocenters. The zero-order valence-corrected chi connectivity index (χ0v) is 51.4. The third-order valence-electron chi connectivity index (χ3n) is 20.9. The van der Waals surface area contributed by atoms with Crippen LogP contribution in [0.3, 0.4) is 0 Å². The first-order valence-corrected chi connectivity index (χ1v) is 32.4. The van der Waals surface area contributed by atoms with Gasteiger partial charge in [0.15, 0.2) is 22.3 Å². The minimum absolute atomic E-state index is 0.0467. The molecule has 22 rings (SSSR count). The molecule has 14 aromatic carbocycles. The largest absolute Gasteiger partial charge is 0.454 e. The van der Waals surface area contributed by atoms with Crippen LogP contribution in [-0.4, -0.2) is 8.80 Å². The van der Waals surface area contributed by atoms with E-state index in [1.54, 1.807) is 0 Å². The fourth-order valence-corrected chi connectivity index (χ4v) is 16.5. The van der Waals surface area contributed by atoms with Crippen LogP contribution < -0.4 is 0 Å². The molecule has 0 bridgehead atoms. The first-order valence-electron chi connectivity index (χ1n) is 32.4. The number of hydrogen-bond donors (Lipinski definition) is 0. The lowest BCUT2D eigenvalue weighted by molar-refractivity contribution is 0.590. The molecule has 0 atom stereocenters. The van der Waals surface area contributed by atoms with Crippen LogP contribution in [0.2, 0.25) is 0 Å². The summed E-state index contributed by atoms with van der Waals surface area (Å²) in [5.41, 5.74) is 26.1. The molecular weight excluding hydrogens is 1150 g/mol. The topological polar surface area (TPSA) is 61.4 Å². The highest BCUT2D eigenvalue weighted by Gasteiger charge is 2.29. The van der Waals surface area contributed by atoms with Gasteiger partial charge in [-0.3, -0.25) is 0 Å². The van der Waals surface area contributed by atoms with Crippen LogP contribution in [0.1, 0.15) is 26.3 Å². The zero-order valence-electron chi connectivity index (χ0n) is 51.4. The van der Waals surface area contributed by atoms with Gasteiger partial charge in [-0.15, -0.1) is 0 Å². The molecule has 8 aromatic heterocycles. The summed E-state index contributed by atoms with van der Waals surface area (Å²) in [5.74, 6) is 0. The van der Waals surface area contributed by atoms with Crippen molar-refractivity contribution in [1.29, 1.82) is 0 Å². The first kappa shape index (κ1) is 50.6. The van der Waals surface area contributed by atoms with Crippen molar-refractivity contribution in [1.82, 2.24) is 8.80 Å². The van der Waals surface area contributed by atoms with Crippen LogP contribution in [0.5, 0.6) is 0 Å².